The smallest absolute Gasteiger partial charge is 0.316 e. The average Bonchev–Trinajstić information content (AvgIpc) is 2.46. The molecule has 0 saturated heterocycles. The van der Waals surface area contributed by atoms with Crippen LogP contribution in [0.5, 0.6) is 0 Å². The van der Waals surface area contributed by atoms with Crippen molar-refractivity contribution in [2.24, 2.45) is 5.92 Å². The van der Waals surface area contributed by atoms with Gasteiger partial charge >= 0.3 is 5.97 Å². The number of rotatable bonds is 5. The number of nitrogens with zero attached hydrogens (tertiary/aromatic N) is 1. The highest BCUT2D eigenvalue weighted by atomic mass is 16.4. The van der Waals surface area contributed by atoms with Crippen LogP contribution < -0.4 is 5.32 Å². The minimum atomic E-state index is -1.15. The van der Waals surface area contributed by atoms with Crippen LogP contribution in [0.25, 0.3) is 0 Å². The Kier molecular flexibility index (Phi) is 4.44. The molecule has 5 heteroatoms. The standard InChI is InChI=1S/C15H14N2O3/c18-14(17-13-8-4-5-9-16-13)12(15(19)20)10-11-6-2-1-3-7-11/h1-9,12H,10H2,(H,19,20)(H,16,17,18). The number of aromatic nitrogens is 1. The fourth-order valence-electron chi connectivity index (χ4n) is 1.79. The molecule has 0 aliphatic carbocycles. The summed E-state index contributed by atoms with van der Waals surface area (Å²) < 4.78 is 0. The second kappa shape index (κ2) is 6.47. The first-order valence-electron chi connectivity index (χ1n) is 6.15. The summed E-state index contributed by atoms with van der Waals surface area (Å²) in [7, 11) is 0. The zero-order chi connectivity index (χ0) is 14.4. The van der Waals surface area contributed by atoms with Gasteiger partial charge in [0, 0.05) is 6.20 Å². The molecule has 0 spiro atoms. The van der Waals surface area contributed by atoms with Gasteiger partial charge in [-0.05, 0) is 24.1 Å². The number of nitrogens with one attached hydrogen (secondary N) is 1. The summed E-state index contributed by atoms with van der Waals surface area (Å²) >= 11 is 0. The van der Waals surface area contributed by atoms with Crippen LogP contribution in [0.1, 0.15) is 5.56 Å². The van der Waals surface area contributed by atoms with Crippen LogP contribution in [0.2, 0.25) is 0 Å². The van der Waals surface area contributed by atoms with Gasteiger partial charge in [0.25, 0.3) is 0 Å². The number of aliphatic carboxylic acids is 1. The number of anilines is 1. The lowest BCUT2D eigenvalue weighted by atomic mass is 9.98. The third kappa shape index (κ3) is 3.65. The van der Waals surface area contributed by atoms with E-state index in [0.717, 1.165) is 5.56 Å². The van der Waals surface area contributed by atoms with E-state index in [-0.39, 0.29) is 6.42 Å². The molecule has 1 heterocycles. The summed E-state index contributed by atoms with van der Waals surface area (Å²) in [4.78, 5) is 27.2. The van der Waals surface area contributed by atoms with E-state index >= 15 is 0 Å². The number of hydrogen-bond donors (Lipinski definition) is 2. The number of carboxylic acid groups (broad SMARTS) is 1. The molecule has 2 aromatic rings. The van der Waals surface area contributed by atoms with Crippen molar-refractivity contribution in [2.75, 3.05) is 5.32 Å². The summed E-state index contributed by atoms with van der Waals surface area (Å²) in [6.45, 7) is 0. The third-order valence-corrected chi connectivity index (χ3v) is 2.81. The van der Waals surface area contributed by atoms with Crippen molar-refractivity contribution in [3.8, 4) is 0 Å². The van der Waals surface area contributed by atoms with Crippen molar-refractivity contribution in [2.45, 2.75) is 6.42 Å². The molecule has 0 saturated carbocycles. The molecule has 1 aromatic heterocycles. The third-order valence-electron chi connectivity index (χ3n) is 2.81. The summed E-state index contributed by atoms with van der Waals surface area (Å²) in [6, 6.07) is 14.1. The molecule has 0 bridgehead atoms. The number of carbonyl (C=O) groups is 2. The van der Waals surface area contributed by atoms with Gasteiger partial charge in [-0.15, -0.1) is 0 Å². The van der Waals surface area contributed by atoms with E-state index in [1.807, 2.05) is 18.2 Å². The Morgan fingerprint density at radius 3 is 2.40 bits per heavy atom. The summed E-state index contributed by atoms with van der Waals surface area (Å²) in [5.74, 6) is -2.52. The molecule has 5 nitrogen and oxygen atoms in total. The van der Waals surface area contributed by atoms with Crippen LogP contribution in [0.4, 0.5) is 5.82 Å². The van der Waals surface area contributed by atoms with Gasteiger partial charge in [-0.25, -0.2) is 4.98 Å². The Balaban J connectivity index is 2.09. The molecule has 102 valence electrons. The monoisotopic (exact) mass is 270 g/mol. The highest BCUT2D eigenvalue weighted by molar-refractivity contribution is 6.04. The van der Waals surface area contributed by atoms with Gasteiger partial charge in [0.15, 0.2) is 0 Å². The van der Waals surface area contributed by atoms with E-state index in [2.05, 4.69) is 10.3 Å². The van der Waals surface area contributed by atoms with E-state index < -0.39 is 17.8 Å². The molecular formula is C15H14N2O3. The van der Waals surface area contributed by atoms with Gasteiger partial charge in [0.2, 0.25) is 5.91 Å². The Morgan fingerprint density at radius 1 is 1.10 bits per heavy atom. The number of carbonyl (C=O) groups excluding carboxylic acids is 1. The Bertz CT molecular complexity index is 585. The molecule has 2 rings (SSSR count). The van der Waals surface area contributed by atoms with Crippen molar-refractivity contribution in [1.82, 2.24) is 4.98 Å². The van der Waals surface area contributed by atoms with E-state index in [9.17, 15) is 14.7 Å². The van der Waals surface area contributed by atoms with Gasteiger partial charge in [0.05, 0.1) is 0 Å². The zero-order valence-corrected chi connectivity index (χ0v) is 10.7. The second-order valence-corrected chi connectivity index (χ2v) is 4.28. The highest BCUT2D eigenvalue weighted by Crippen LogP contribution is 2.12. The number of benzene rings is 1. The zero-order valence-electron chi connectivity index (χ0n) is 10.7. The lowest BCUT2D eigenvalue weighted by Gasteiger charge is -2.12. The molecule has 1 atom stereocenters. The molecule has 0 aliphatic rings. The minimum Gasteiger partial charge on any atom is -0.481 e. The Labute approximate surface area is 116 Å². The first kappa shape index (κ1) is 13.7. The van der Waals surface area contributed by atoms with Gasteiger partial charge in [-0.1, -0.05) is 36.4 Å². The Hall–Kier alpha value is -2.69. The van der Waals surface area contributed by atoms with Gasteiger partial charge in [0.1, 0.15) is 11.7 Å². The first-order chi connectivity index (χ1) is 9.66. The van der Waals surface area contributed by atoms with Gasteiger partial charge < -0.3 is 10.4 Å². The highest BCUT2D eigenvalue weighted by Gasteiger charge is 2.26. The maximum Gasteiger partial charge on any atom is 0.316 e. The molecular weight excluding hydrogens is 256 g/mol. The van der Waals surface area contributed by atoms with Crippen molar-refractivity contribution in [1.29, 1.82) is 0 Å². The predicted molar refractivity (Wildman–Crippen MR) is 74.1 cm³/mol. The number of hydrogen-bond acceptors (Lipinski definition) is 3. The van der Waals surface area contributed by atoms with E-state index in [0.29, 0.717) is 5.82 Å². The molecule has 1 unspecified atom stereocenters. The quantitative estimate of drug-likeness (QED) is 0.814. The van der Waals surface area contributed by atoms with Crippen LogP contribution >= 0.6 is 0 Å². The molecule has 0 fully saturated rings. The van der Waals surface area contributed by atoms with E-state index in [1.54, 1.807) is 30.3 Å². The summed E-state index contributed by atoms with van der Waals surface area (Å²) in [6.07, 6.45) is 1.68. The normalized spacial score (nSPS) is 11.6. The van der Waals surface area contributed by atoms with E-state index in [4.69, 9.17) is 0 Å². The lowest BCUT2D eigenvalue weighted by Crippen LogP contribution is -2.31. The molecule has 0 aliphatic heterocycles. The molecule has 1 amide bonds. The Morgan fingerprint density at radius 2 is 1.80 bits per heavy atom. The van der Waals surface area contributed by atoms with Gasteiger partial charge in [-0.2, -0.15) is 0 Å². The summed E-state index contributed by atoms with van der Waals surface area (Å²) in [5.41, 5.74) is 0.802. The number of amides is 1. The topological polar surface area (TPSA) is 79.3 Å². The average molecular weight is 270 g/mol. The SMILES string of the molecule is O=C(O)C(Cc1ccccc1)C(=O)Nc1ccccn1. The van der Waals surface area contributed by atoms with Gasteiger partial charge in [-0.3, -0.25) is 9.59 Å². The minimum absolute atomic E-state index is 0.148. The summed E-state index contributed by atoms with van der Waals surface area (Å²) in [5, 5.41) is 11.7. The van der Waals surface area contributed by atoms with Crippen LogP contribution in [0.15, 0.2) is 54.7 Å². The van der Waals surface area contributed by atoms with Crippen LogP contribution in [0, 0.1) is 5.92 Å². The van der Waals surface area contributed by atoms with Crippen molar-refractivity contribution < 1.29 is 14.7 Å². The lowest BCUT2D eigenvalue weighted by molar-refractivity contribution is -0.145. The van der Waals surface area contributed by atoms with Crippen LogP contribution in [-0.2, 0) is 16.0 Å². The van der Waals surface area contributed by atoms with E-state index in [1.165, 1.54) is 6.20 Å². The fraction of sp³-hybridized carbons (Fsp3) is 0.133. The molecule has 1 aromatic carbocycles. The maximum atomic E-state index is 12.0. The van der Waals surface area contributed by atoms with Crippen molar-refractivity contribution in [3.63, 3.8) is 0 Å². The van der Waals surface area contributed by atoms with Crippen LogP contribution in [-0.4, -0.2) is 22.0 Å². The van der Waals surface area contributed by atoms with Crippen LogP contribution in [0.3, 0.4) is 0 Å². The molecule has 0 radical (unpaired) electrons. The first-order valence-corrected chi connectivity index (χ1v) is 6.15. The molecule has 20 heavy (non-hydrogen) atoms. The molecule has 2 N–H and O–H groups in total. The second-order valence-electron chi connectivity index (χ2n) is 4.28. The van der Waals surface area contributed by atoms with Crippen molar-refractivity contribution >= 4 is 17.7 Å². The predicted octanol–water partition coefficient (Wildman–Crippen LogP) is 1.96. The number of carboxylic acids is 1. The largest absolute Gasteiger partial charge is 0.481 e. The fourth-order valence-corrected chi connectivity index (χ4v) is 1.79. The number of pyridine rings is 1. The maximum absolute atomic E-state index is 12.0. The van der Waals surface area contributed by atoms with Crippen molar-refractivity contribution in [3.05, 3.63) is 60.3 Å².